The normalized spacial score (nSPS) is 10.4. The molecule has 0 aromatic heterocycles. The first kappa shape index (κ1) is 18.3. The summed E-state index contributed by atoms with van der Waals surface area (Å²) in [4.78, 5) is 14.2. The van der Waals surface area contributed by atoms with Crippen molar-refractivity contribution in [2.75, 3.05) is 18.1 Å². The second-order valence-electron chi connectivity index (χ2n) is 5.57. The number of hydrogen-bond donors (Lipinski definition) is 0. The summed E-state index contributed by atoms with van der Waals surface area (Å²) < 4.78 is 5.43. The summed E-state index contributed by atoms with van der Waals surface area (Å²) in [5.41, 5.74) is 2.89. The van der Waals surface area contributed by atoms with Gasteiger partial charge in [0.15, 0.2) is 0 Å². The highest BCUT2D eigenvalue weighted by Crippen LogP contribution is 2.20. The first-order chi connectivity index (χ1) is 12.1. The molecule has 4 heteroatoms. The Bertz CT molecular complexity index is 756. The van der Waals surface area contributed by atoms with Gasteiger partial charge in [0.25, 0.3) is 5.91 Å². The predicted molar refractivity (Wildman–Crippen MR) is 100 cm³/mol. The van der Waals surface area contributed by atoms with Crippen molar-refractivity contribution in [2.45, 2.75) is 20.3 Å². The van der Waals surface area contributed by atoms with Crippen molar-refractivity contribution in [1.29, 1.82) is 5.26 Å². The molecule has 0 N–H and O–H groups in total. The van der Waals surface area contributed by atoms with Gasteiger partial charge in [0, 0.05) is 18.3 Å². The zero-order valence-corrected chi connectivity index (χ0v) is 14.6. The molecule has 0 aliphatic rings. The van der Waals surface area contributed by atoms with Gasteiger partial charge in [0.2, 0.25) is 0 Å². The zero-order valence-electron chi connectivity index (χ0n) is 14.6. The van der Waals surface area contributed by atoms with E-state index in [1.54, 1.807) is 17.1 Å². The standard InChI is InChI=1S/C21H22N2O2/c1-3-25-20-12-10-19(11-13-20)23(16-4-15-22)21(24)14-9-18-7-5-17(2)6-8-18/h5-14H,3-4,16H2,1-2H3/b14-9+. The maximum absolute atomic E-state index is 12.6. The summed E-state index contributed by atoms with van der Waals surface area (Å²) in [6, 6.07) is 17.4. The monoisotopic (exact) mass is 334 g/mol. The van der Waals surface area contributed by atoms with Gasteiger partial charge in [-0.05, 0) is 49.8 Å². The SMILES string of the molecule is CCOc1ccc(N(CCC#N)C(=O)/C=C/c2ccc(C)cc2)cc1. The minimum atomic E-state index is -0.153. The van der Waals surface area contributed by atoms with Gasteiger partial charge in [0.05, 0.1) is 19.1 Å². The molecule has 0 unspecified atom stereocenters. The molecule has 2 rings (SSSR count). The van der Waals surface area contributed by atoms with E-state index in [2.05, 4.69) is 6.07 Å². The third-order valence-electron chi connectivity index (χ3n) is 3.67. The quantitative estimate of drug-likeness (QED) is 0.707. The molecule has 0 radical (unpaired) electrons. The van der Waals surface area contributed by atoms with Crippen LogP contribution in [-0.2, 0) is 4.79 Å². The molecule has 4 nitrogen and oxygen atoms in total. The van der Waals surface area contributed by atoms with Crippen LogP contribution in [0.15, 0.2) is 54.6 Å². The van der Waals surface area contributed by atoms with Crippen LogP contribution in [0.2, 0.25) is 0 Å². The van der Waals surface area contributed by atoms with Gasteiger partial charge < -0.3 is 9.64 Å². The van der Waals surface area contributed by atoms with Gasteiger partial charge >= 0.3 is 0 Å². The topological polar surface area (TPSA) is 53.3 Å². The van der Waals surface area contributed by atoms with Crippen LogP contribution in [0, 0.1) is 18.3 Å². The Morgan fingerprint density at radius 2 is 1.84 bits per heavy atom. The van der Waals surface area contributed by atoms with E-state index >= 15 is 0 Å². The van der Waals surface area contributed by atoms with Gasteiger partial charge in [-0.15, -0.1) is 0 Å². The van der Waals surface area contributed by atoms with Gasteiger partial charge in [-0.25, -0.2) is 0 Å². The van der Waals surface area contributed by atoms with Crippen LogP contribution in [0.3, 0.4) is 0 Å². The Hall–Kier alpha value is -3.06. The average molecular weight is 334 g/mol. The molecule has 0 atom stereocenters. The van der Waals surface area contributed by atoms with Crippen molar-refractivity contribution in [3.8, 4) is 11.8 Å². The zero-order chi connectivity index (χ0) is 18.1. The fourth-order valence-electron chi connectivity index (χ4n) is 2.35. The van der Waals surface area contributed by atoms with Crippen molar-refractivity contribution in [3.05, 3.63) is 65.7 Å². The molecule has 0 spiro atoms. The lowest BCUT2D eigenvalue weighted by Gasteiger charge is -2.20. The number of carbonyl (C=O) groups excluding carboxylic acids is 1. The van der Waals surface area contributed by atoms with Crippen LogP contribution >= 0.6 is 0 Å². The smallest absolute Gasteiger partial charge is 0.251 e. The van der Waals surface area contributed by atoms with Crippen molar-refractivity contribution >= 4 is 17.7 Å². The number of hydrogen-bond acceptors (Lipinski definition) is 3. The highest BCUT2D eigenvalue weighted by Gasteiger charge is 2.13. The molecule has 0 heterocycles. The minimum absolute atomic E-state index is 0.153. The molecule has 2 aromatic rings. The van der Waals surface area contributed by atoms with Crippen molar-refractivity contribution in [1.82, 2.24) is 0 Å². The Kier molecular flexibility index (Phi) is 6.79. The lowest BCUT2D eigenvalue weighted by molar-refractivity contribution is -0.114. The minimum Gasteiger partial charge on any atom is -0.494 e. The van der Waals surface area contributed by atoms with Crippen molar-refractivity contribution < 1.29 is 9.53 Å². The summed E-state index contributed by atoms with van der Waals surface area (Å²) in [6.07, 6.45) is 3.60. The van der Waals surface area contributed by atoms with Crippen LogP contribution in [0.1, 0.15) is 24.5 Å². The average Bonchev–Trinajstić information content (AvgIpc) is 2.63. The predicted octanol–water partition coefficient (Wildman–Crippen LogP) is 4.35. The molecular weight excluding hydrogens is 312 g/mol. The van der Waals surface area contributed by atoms with Crippen LogP contribution in [0.4, 0.5) is 5.69 Å². The number of nitriles is 1. The lowest BCUT2D eigenvalue weighted by atomic mass is 10.1. The maximum Gasteiger partial charge on any atom is 0.251 e. The van der Waals surface area contributed by atoms with Crippen LogP contribution < -0.4 is 9.64 Å². The number of benzene rings is 2. The fraction of sp³-hybridized carbons (Fsp3) is 0.238. The Morgan fingerprint density at radius 3 is 2.44 bits per heavy atom. The Morgan fingerprint density at radius 1 is 1.16 bits per heavy atom. The Labute approximate surface area is 149 Å². The van der Waals surface area contributed by atoms with Gasteiger partial charge in [-0.3, -0.25) is 4.79 Å². The van der Waals surface area contributed by atoms with Crippen LogP contribution in [0.25, 0.3) is 6.08 Å². The number of carbonyl (C=O) groups is 1. The first-order valence-corrected chi connectivity index (χ1v) is 8.30. The van der Waals surface area contributed by atoms with Crippen LogP contribution in [0.5, 0.6) is 5.75 Å². The molecule has 2 aromatic carbocycles. The molecule has 0 aliphatic carbocycles. The van der Waals surface area contributed by atoms with E-state index < -0.39 is 0 Å². The number of ether oxygens (including phenoxy) is 1. The van der Waals surface area contributed by atoms with E-state index in [1.807, 2.05) is 62.4 Å². The van der Waals surface area contributed by atoms with Crippen molar-refractivity contribution in [2.24, 2.45) is 0 Å². The summed E-state index contributed by atoms with van der Waals surface area (Å²) in [6.45, 7) is 4.89. The van der Waals surface area contributed by atoms with Crippen LogP contribution in [-0.4, -0.2) is 19.1 Å². The summed E-state index contributed by atoms with van der Waals surface area (Å²) >= 11 is 0. The van der Waals surface area contributed by atoms with Gasteiger partial charge in [-0.1, -0.05) is 29.8 Å². The number of anilines is 1. The van der Waals surface area contributed by atoms with Crippen molar-refractivity contribution in [3.63, 3.8) is 0 Å². The van der Waals surface area contributed by atoms with E-state index in [-0.39, 0.29) is 12.3 Å². The molecule has 0 saturated carbocycles. The van der Waals surface area contributed by atoms with E-state index in [1.165, 1.54) is 5.56 Å². The second kappa shape index (κ2) is 9.29. The van der Waals surface area contributed by atoms with Gasteiger partial charge in [-0.2, -0.15) is 5.26 Å². The molecule has 0 saturated heterocycles. The maximum atomic E-state index is 12.6. The number of aryl methyl sites for hydroxylation is 1. The third kappa shape index (κ3) is 5.50. The lowest BCUT2D eigenvalue weighted by Crippen LogP contribution is -2.30. The van der Waals surface area contributed by atoms with E-state index in [4.69, 9.17) is 10.00 Å². The third-order valence-corrected chi connectivity index (χ3v) is 3.67. The highest BCUT2D eigenvalue weighted by atomic mass is 16.5. The molecule has 0 bridgehead atoms. The van der Waals surface area contributed by atoms with E-state index in [0.717, 1.165) is 17.0 Å². The molecule has 128 valence electrons. The number of nitrogens with zero attached hydrogens (tertiary/aromatic N) is 2. The molecule has 25 heavy (non-hydrogen) atoms. The molecular formula is C21H22N2O2. The van der Waals surface area contributed by atoms with E-state index in [9.17, 15) is 4.79 Å². The summed E-state index contributed by atoms with van der Waals surface area (Å²) in [7, 11) is 0. The number of rotatable bonds is 7. The Balaban J connectivity index is 2.16. The number of amides is 1. The van der Waals surface area contributed by atoms with Gasteiger partial charge in [0.1, 0.15) is 5.75 Å². The fourth-order valence-corrected chi connectivity index (χ4v) is 2.35. The summed E-state index contributed by atoms with van der Waals surface area (Å²) in [5, 5.41) is 8.87. The van der Waals surface area contributed by atoms with E-state index in [0.29, 0.717) is 13.2 Å². The molecule has 0 aliphatic heterocycles. The molecule has 1 amide bonds. The molecule has 0 fully saturated rings. The largest absolute Gasteiger partial charge is 0.494 e. The first-order valence-electron chi connectivity index (χ1n) is 8.30. The summed E-state index contributed by atoms with van der Waals surface area (Å²) in [5.74, 6) is 0.606. The second-order valence-corrected chi connectivity index (χ2v) is 5.57. The highest BCUT2D eigenvalue weighted by molar-refractivity contribution is 6.03.